The van der Waals surface area contributed by atoms with Gasteiger partial charge in [0.25, 0.3) is 5.56 Å². The molecule has 2 aliphatic rings. The number of benzene rings is 1. The molecule has 0 bridgehead atoms. The third-order valence-electron chi connectivity index (χ3n) is 4.79. The number of methoxy groups -OCH3 is 1. The average molecular weight is 375 g/mol. The van der Waals surface area contributed by atoms with E-state index < -0.39 is 0 Å². The van der Waals surface area contributed by atoms with Crippen LogP contribution < -0.4 is 10.3 Å². The molecule has 1 aromatic heterocycles. The Morgan fingerprint density at radius 3 is 2.64 bits per heavy atom. The van der Waals surface area contributed by atoms with E-state index in [9.17, 15) is 4.79 Å². The lowest BCUT2D eigenvalue weighted by Gasteiger charge is -2.16. The minimum atomic E-state index is 0.0741. The van der Waals surface area contributed by atoms with Crippen molar-refractivity contribution in [1.29, 1.82) is 0 Å². The van der Waals surface area contributed by atoms with Gasteiger partial charge >= 0.3 is 0 Å². The molecule has 2 aromatic rings. The van der Waals surface area contributed by atoms with Crippen LogP contribution in [0.1, 0.15) is 38.3 Å². The number of nitrogens with zero attached hydrogens (tertiary/aromatic N) is 2. The first kappa shape index (κ1) is 17.0. The van der Waals surface area contributed by atoms with Gasteiger partial charge in [0.2, 0.25) is 0 Å². The van der Waals surface area contributed by atoms with Crippen molar-refractivity contribution in [2.75, 3.05) is 7.11 Å². The lowest BCUT2D eigenvalue weighted by Crippen LogP contribution is -2.24. The van der Waals surface area contributed by atoms with Gasteiger partial charge in [-0.1, -0.05) is 31.5 Å². The molecule has 6 heteroatoms. The summed E-state index contributed by atoms with van der Waals surface area (Å²) >= 11 is 3.43. The molecule has 4 nitrogen and oxygen atoms in total. The fourth-order valence-corrected chi connectivity index (χ4v) is 5.92. The van der Waals surface area contributed by atoms with Gasteiger partial charge in [-0.3, -0.25) is 9.36 Å². The number of thioether (sulfide) groups is 2. The first-order chi connectivity index (χ1) is 12.2. The zero-order valence-electron chi connectivity index (χ0n) is 14.5. The molecule has 0 amide bonds. The summed E-state index contributed by atoms with van der Waals surface area (Å²) in [5.74, 6) is 0.791. The van der Waals surface area contributed by atoms with E-state index in [1.54, 1.807) is 35.2 Å². The first-order valence-corrected chi connectivity index (χ1v) is 10.6. The highest BCUT2D eigenvalue weighted by Crippen LogP contribution is 2.38. The highest BCUT2D eigenvalue weighted by molar-refractivity contribution is 8.00. The number of hydrogen-bond donors (Lipinski definition) is 0. The van der Waals surface area contributed by atoms with Gasteiger partial charge in [0.05, 0.1) is 23.4 Å². The second-order valence-corrected chi connectivity index (χ2v) is 9.38. The van der Waals surface area contributed by atoms with Gasteiger partial charge in [-0.15, -0.1) is 11.8 Å². The molecule has 2 heterocycles. The Bertz CT molecular complexity index is 827. The molecule has 1 aromatic carbocycles. The second-order valence-electron chi connectivity index (χ2n) is 6.67. The van der Waals surface area contributed by atoms with E-state index in [1.807, 2.05) is 24.3 Å². The van der Waals surface area contributed by atoms with Gasteiger partial charge in [-0.25, -0.2) is 4.98 Å². The molecule has 0 N–H and O–H groups in total. The van der Waals surface area contributed by atoms with Crippen LogP contribution in [0.5, 0.6) is 5.75 Å². The summed E-state index contributed by atoms with van der Waals surface area (Å²) in [4.78, 5) is 19.0. The Kier molecular flexibility index (Phi) is 4.82. The Balaban J connectivity index is 1.81. The Hall–Kier alpha value is -1.40. The third kappa shape index (κ3) is 3.34. The van der Waals surface area contributed by atoms with Crippen molar-refractivity contribution in [3.05, 3.63) is 40.3 Å². The van der Waals surface area contributed by atoms with E-state index in [0.717, 1.165) is 33.6 Å². The van der Waals surface area contributed by atoms with Gasteiger partial charge in [0.1, 0.15) is 5.75 Å². The van der Waals surface area contributed by atoms with Gasteiger partial charge in [0.15, 0.2) is 5.16 Å². The van der Waals surface area contributed by atoms with Crippen LogP contribution in [0.2, 0.25) is 0 Å². The van der Waals surface area contributed by atoms with Crippen LogP contribution in [0.3, 0.4) is 0 Å². The molecule has 4 rings (SSSR count). The summed E-state index contributed by atoms with van der Waals surface area (Å²) in [6, 6.07) is 7.68. The lowest BCUT2D eigenvalue weighted by atomic mass is 10.2. The monoisotopic (exact) mass is 374 g/mol. The van der Waals surface area contributed by atoms with E-state index in [-0.39, 0.29) is 5.56 Å². The molecule has 25 heavy (non-hydrogen) atoms. The van der Waals surface area contributed by atoms with Crippen molar-refractivity contribution in [1.82, 2.24) is 9.55 Å². The SMILES string of the molecule is COc1ccc(-n2c(SC3CCCC3)nc3c(c2=O)SC(C)C3)cc1. The quantitative estimate of drug-likeness (QED) is 0.746. The third-order valence-corrected chi connectivity index (χ3v) is 7.29. The zero-order chi connectivity index (χ0) is 17.4. The number of hydrogen-bond acceptors (Lipinski definition) is 5. The normalized spacial score (nSPS) is 20.0. The maximum atomic E-state index is 13.2. The molecular weight excluding hydrogens is 352 g/mol. The van der Waals surface area contributed by atoms with Gasteiger partial charge in [-0.2, -0.15) is 0 Å². The fraction of sp³-hybridized carbons (Fsp3) is 0.474. The summed E-state index contributed by atoms with van der Waals surface area (Å²) in [5.41, 5.74) is 1.92. The standard InChI is InChI=1S/C19H22N2O2S2/c1-12-11-16-17(24-12)18(22)21(13-7-9-14(23-2)10-8-13)19(20-16)25-15-5-3-4-6-15/h7-10,12,15H,3-6,11H2,1-2H3. The number of fused-ring (bicyclic) bond motifs is 1. The van der Waals surface area contributed by atoms with Gasteiger partial charge in [-0.05, 0) is 37.1 Å². The summed E-state index contributed by atoms with van der Waals surface area (Å²) in [5, 5.41) is 1.84. The number of rotatable bonds is 4. The molecule has 0 spiro atoms. The summed E-state index contributed by atoms with van der Waals surface area (Å²) < 4.78 is 7.05. The van der Waals surface area contributed by atoms with E-state index in [2.05, 4.69) is 6.92 Å². The molecule has 0 radical (unpaired) electrons. The fourth-order valence-electron chi connectivity index (χ4n) is 3.49. The average Bonchev–Trinajstić information content (AvgIpc) is 3.25. The summed E-state index contributed by atoms with van der Waals surface area (Å²) in [6.45, 7) is 2.16. The number of ether oxygens (including phenoxy) is 1. The molecule has 132 valence electrons. The van der Waals surface area contributed by atoms with Crippen molar-refractivity contribution in [3.63, 3.8) is 0 Å². The highest BCUT2D eigenvalue weighted by atomic mass is 32.2. The van der Waals surface area contributed by atoms with Crippen molar-refractivity contribution < 1.29 is 4.74 Å². The zero-order valence-corrected chi connectivity index (χ0v) is 16.2. The van der Waals surface area contributed by atoms with Crippen LogP contribution in [-0.4, -0.2) is 27.2 Å². The van der Waals surface area contributed by atoms with E-state index in [1.165, 1.54) is 25.7 Å². The maximum absolute atomic E-state index is 13.2. The van der Waals surface area contributed by atoms with Crippen molar-refractivity contribution >= 4 is 23.5 Å². The molecule has 1 atom stereocenters. The summed E-state index contributed by atoms with van der Waals surface area (Å²) in [6.07, 6.45) is 5.87. The largest absolute Gasteiger partial charge is 0.497 e. The molecule has 0 saturated heterocycles. The van der Waals surface area contributed by atoms with E-state index >= 15 is 0 Å². The van der Waals surface area contributed by atoms with Crippen molar-refractivity contribution in [3.8, 4) is 11.4 Å². The second kappa shape index (κ2) is 7.08. The number of aromatic nitrogens is 2. The topological polar surface area (TPSA) is 44.1 Å². The van der Waals surface area contributed by atoms with E-state index in [0.29, 0.717) is 10.5 Å². The molecular formula is C19H22N2O2S2. The van der Waals surface area contributed by atoms with E-state index in [4.69, 9.17) is 9.72 Å². The van der Waals surface area contributed by atoms with Crippen LogP contribution >= 0.6 is 23.5 Å². The Morgan fingerprint density at radius 2 is 1.96 bits per heavy atom. The Morgan fingerprint density at radius 1 is 1.24 bits per heavy atom. The van der Waals surface area contributed by atoms with Crippen LogP contribution in [0.15, 0.2) is 39.1 Å². The molecule has 1 fully saturated rings. The van der Waals surface area contributed by atoms with Crippen molar-refractivity contribution in [2.45, 2.75) is 59.6 Å². The van der Waals surface area contributed by atoms with Crippen molar-refractivity contribution in [2.24, 2.45) is 0 Å². The van der Waals surface area contributed by atoms with Crippen LogP contribution in [0.25, 0.3) is 5.69 Å². The molecule has 1 unspecified atom stereocenters. The van der Waals surface area contributed by atoms with Gasteiger partial charge in [0, 0.05) is 16.9 Å². The van der Waals surface area contributed by atoms with Crippen LogP contribution in [0.4, 0.5) is 0 Å². The van der Waals surface area contributed by atoms with Crippen LogP contribution in [-0.2, 0) is 6.42 Å². The predicted octanol–water partition coefficient (Wildman–Crippen LogP) is 4.31. The van der Waals surface area contributed by atoms with Crippen LogP contribution in [0, 0.1) is 0 Å². The lowest BCUT2D eigenvalue weighted by molar-refractivity contribution is 0.414. The van der Waals surface area contributed by atoms with Gasteiger partial charge < -0.3 is 4.74 Å². The molecule has 1 saturated carbocycles. The Labute approximate surface area is 156 Å². The molecule has 1 aliphatic carbocycles. The predicted molar refractivity (Wildman–Crippen MR) is 104 cm³/mol. The minimum Gasteiger partial charge on any atom is -0.497 e. The smallest absolute Gasteiger partial charge is 0.272 e. The molecule has 1 aliphatic heterocycles. The summed E-state index contributed by atoms with van der Waals surface area (Å²) in [7, 11) is 1.65. The highest BCUT2D eigenvalue weighted by Gasteiger charge is 2.28. The first-order valence-electron chi connectivity index (χ1n) is 8.79. The minimum absolute atomic E-state index is 0.0741. The maximum Gasteiger partial charge on any atom is 0.272 e.